The number of nitro benzene ring substituents is 6. The molecule has 0 aliphatic rings. The molecular weight excluding hydrogens is 434 g/mol. The monoisotopic (exact) mass is 439 g/mol. The van der Waals surface area contributed by atoms with Crippen LogP contribution in [0.3, 0.4) is 0 Å². The Morgan fingerprint density at radius 3 is 1.16 bits per heavy atom. The third-order valence-corrected chi connectivity index (χ3v) is 3.80. The van der Waals surface area contributed by atoms with E-state index in [4.69, 9.17) is 5.73 Å². The molecule has 2 aromatic carbocycles. The Hall–Kier alpha value is -5.36. The maximum atomic E-state index is 11.6. The normalized spacial score (nSPS) is 10.3. The van der Waals surface area contributed by atoms with Crippen molar-refractivity contribution in [1.29, 1.82) is 0 Å². The second-order valence-electron chi connectivity index (χ2n) is 5.40. The van der Waals surface area contributed by atoms with Gasteiger partial charge in [-0.05, 0) is 12.1 Å². The van der Waals surface area contributed by atoms with Crippen LogP contribution in [0.2, 0.25) is 0 Å². The molecule has 19 nitrogen and oxygen atoms in total. The molecule has 0 aromatic heterocycles. The predicted octanol–water partition coefficient (Wildman–Crippen LogP) is 2.39. The molecule has 2 aromatic rings. The molecule has 0 radical (unpaired) electrons. The van der Waals surface area contributed by atoms with Crippen molar-refractivity contribution in [2.45, 2.75) is 0 Å². The maximum Gasteiger partial charge on any atom is 0.437 e. The second-order valence-corrected chi connectivity index (χ2v) is 5.40. The van der Waals surface area contributed by atoms with Crippen LogP contribution in [0.25, 0.3) is 11.1 Å². The van der Waals surface area contributed by atoms with Crippen molar-refractivity contribution in [3.8, 4) is 11.1 Å². The Labute approximate surface area is 166 Å². The standard InChI is InChI=1S/C12H5N7O12/c13-5-3-1-2-4(7(5)14(20)21)6-8(15(22)23)10(17(26)27)12(19(30)31)11(18(28)29)9(6)16(24)25/h1-3H,13H2. The minimum absolute atomic E-state index is 0.656. The van der Waals surface area contributed by atoms with Gasteiger partial charge in [-0.25, -0.2) is 0 Å². The fraction of sp³-hybridized carbons (Fsp3) is 0. The van der Waals surface area contributed by atoms with Crippen LogP contribution in [0.1, 0.15) is 0 Å². The zero-order valence-electron chi connectivity index (χ0n) is 14.4. The Morgan fingerprint density at radius 1 is 0.516 bits per heavy atom. The zero-order valence-corrected chi connectivity index (χ0v) is 14.4. The van der Waals surface area contributed by atoms with Gasteiger partial charge in [0, 0.05) is 0 Å². The molecule has 2 rings (SSSR count). The second kappa shape index (κ2) is 7.57. The average molecular weight is 439 g/mol. The van der Waals surface area contributed by atoms with Crippen molar-refractivity contribution in [2.24, 2.45) is 0 Å². The van der Waals surface area contributed by atoms with Crippen molar-refractivity contribution >= 4 is 39.8 Å². The fourth-order valence-corrected chi connectivity index (χ4v) is 2.78. The molecule has 31 heavy (non-hydrogen) atoms. The van der Waals surface area contributed by atoms with Crippen LogP contribution < -0.4 is 5.73 Å². The van der Waals surface area contributed by atoms with E-state index in [1.54, 1.807) is 0 Å². The molecule has 0 spiro atoms. The molecule has 19 heteroatoms. The first-order valence-corrected chi connectivity index (χ1v) is 7.32. The van der Waals surface area contributed by atoms with Crippen molar-refractivity contribution in [3.63, 3.8) is 0 Å². The van der Waals surface area contributed by atoms with Crippen LogP contribution in [0.4, 0.5) is 39.8 Å². The third kappa shape index (κ3) is 3.43. The van der Waals surface area contributed by atoms with Gasteiger partial charge in [-0.3, -0.25) is 60.7 Å². The van der Waals surface area contributed by atoms with E-state index >= 15 is 0 Å². The summed E-state index contributed by atoms with van der Waals surface area (Å²) in [6, 6.07) is 2.49. The molecule has 2 N–H and O–H groups in total. The van der Waals surface area contributed by atoms with E-state index in [0.717, 1.165) is 12.1 Å². The number of anilines is 1. The van der Waals surface area contributed by atoms with Gasteiger partial charge in [0.05, 0.1) is 35.1 Å². The molecule has 0 bridgehead atoms. The number of nitro groups is 6. The van der Waals surface area contributed by atoms with Crippen molar-refractivity contribution < 1.29 is 29.5 Å². The topological polar surface area (TPSA) is 285 Å². The van der Waals surface area contributed by atoms with E-state index in [2.05, 4.69) is 0 Å². The largest absolute Gasteiger partial charge is 0.437 e. The van der Waals surface area contributed by atoms with Gasteiger partial charge in [0.1, 0.15) is 5.69 Å². The van der Waals surface area contributed by atoms with Crippen LogP contribution in [0.5, 0.6) is 0 Å². The summed E-state index contributed by atoms with van der Waals surface area (Å²) in [6.07, 6.45) is 0. The predicted molar refractivity (Wildman–Crippen MR) is 96.2 cm³/mol. The lowest BCUT2D eigenvalue weighted by atomic mass is 9.95. The average Bonchev–Trinajstić information content (AvgIpc) is 2.64. The van der Waals surface area contributed by atoms with Gasteiger partial charge >= 0.3 is 28.4 Å². The highest BCUT2D eigenvalue weighted by molar-refractivity contribution is 6.00. The fourth-order valence-electron chi connectivity index (χ4n) is 2.78. The lowest BCUT2D eigenvalue weighted by Gasteiger charge is -2.08. The van der Waals surface area contributed by atoms with E-state index in [1.807, 2.05) is 0 Å². The summed E-state index contributed by atoms with van der Waals surface area (Å²) in [5.74, 6) is 0. The van der Waals surface area contributed by atoms with E-state index in [-0.39, 0.29) is 0 Å². The first kappa shape index (κ1) is 21.9. The number of nitrogens with zero attached hydrogens (tertiary/aromatic N) is 6. The summed E-state index contributed by atoms with van der Waals surface area (Å²) in [5, 5.41) is 68.8. The first-order valence-electron chi connectivity index (χ1n) is 7.32. The van der Waals surface area contributed by atoms with Crippen LogP contribution in [-0.2, 0) is 0 Å². The summed E-state index contributed by atoms with van der Waals surface area (Å²) in [5.41, 5.74) is -9.23. The first-order chi connectivity index (χ1) is 14.3. The van der Waals surface area contributed by atoms with Gasteiger partial charge in [0.25, 0.3) is 5.69 Å². The minimum Gasteiger partial charge on any atom is -0.393 e. The summed E-state index contributed by atoms with van der Waals surface area (Å²) in [7, 11) is 0. The number of benzene rings is 2. The molecule has 0 atom stereocenters. The molecular formula is C12H5N7O12. The quantitative estimate of drug-likeness (QED) is 0.368. The van der Waals surface area contributed by atoms with Gasteiger partial charge in [0.15, 0.2) is 5.56 Å². The summed E-state index contributed by atoms with van der Waals surface area (Å²) >= 11 is 0. The van der Waals surface area contributed by atoms with Gasteiger partial charge in [-0.1, -0.05) is 6.07 Å². The lowest BCUT2D eigenvalue weighted by molar-refractivity contribution is -0.459. The number of hydrogen-bond acceptors (Lipinski definition) is 13. The number of nitrogens with two attached hydrogens (primary N) is 1. The van der Waals surface area contributed by atoms with Gasteiger partial charge in [0.2, 0.25) is 0 Å². The minimum atomic E-state index is -2.14. The highest BCUT2D eigenvalue weighted by Gasteiger charge is 2.55. The molecule has 0 aliphatic heterocycles. The molecule has 160 valence electrons. The smallest absolute Gasteiger partial charge is 0.393 e. The van der Waals surface area contributed by atoms with Gasteiger partial charge < -0.3 is 5.73 Å². The SMILES string of the molecule is Nc1cccc(-c2c([N+](=O)[O-])c([N+](=O)[O-])c([N+](=O)[O-])c([N+](=O)[O-])c2[N+](=O)[O-])c1[N+](=O)[O-]. The molecule has 0 saturated carbocycles. The molecule has 0 heterocycles. The summed E-state index contributed by atoms with van der Waals surface area (Å²) < 4.78 is 0. The van der Waals surface area contributed by atoms with Crippen LogP contribution in [0, 0.1) is 60.7 Å². The molecule has 0 fully saturated rings. The molecule has 0 aliphatic carbocycles. The maximum absolute atomic E-state index is 11.6. The Balaban J connectivity index is 3.45. The van der Waals surface area contributed by atoms with Crippen molar-refractivity contribution in [1.82, 2.24) is 0 Å². The van der Waals surface area contributed by atoms with E-state index in [0.29, 0.717) is 6.07 Å². The number of hydrogen-bond donors (Lipinski definition) is 1. The number of para-hydroxylation sites is 1. The number of nitrogen functional groups attached to an aromatic ring is 1. The highest BCUT2D eigenvalue weighted by atomic mass is 16.7. The van der Waals surface area contributed by atoms with Gasteiger partial charge in [-0.2, -0.15) is 0 Å². The molecule has 0 unspecified atom stereocenters. The lowest BCUT2D eigenvalue weighted by Crippen LogP contribution is -2.10. The number of rotatable bonds is 7. The van der Waals surface area contributed by atoms with Crippen LogP contribution in [0.15, 0.2) is 18.2 Å². The Morgan fingerprint density at radius 2 is 0.839 bits per heavy atom. The van der Waals surface area contributed by atoms with E-state index < -0.39 is 80.5 Å². The third-order valence-electron chi connectivity index (χ3n) is 3.80. The van der Waals surface area contributed by atoms with Gasteiger partial charge in [-0.15, -0.1) is 0 Å². The highest BCUT2D eigenvalue weighted by Crippen LogP contribution is 2.56. The summed E-state index contributed by atoms with van der Waals surface area (Å²) in [4.78, 5) is 59.0. The summed E-state index contributed by atoms with van der Waals surface area (Å²) in [6.45, 7) is 0. The molecule has 0 saturated heterocycles. The van der Waals surface area contributed by atoms with E-state index in [1.165, 1.54) is 0 Å². The zero-order chi connectivity index (χ0) is 23.8. The van der Waals surface area contributed by atoms with E-state index in [9.17, 15) is 60.7 Å². The van der Waals surface area contributed by atoms with Crippen molar-refractivity contribution in [3.05, 3.63) is 78.9 Å². The Kier molecular flexibility index (Phi) is 5.36. The molecule has 0 amide bonds. The van der Waals surface area contributed by atoms with Crippen molar-refractivity contribution in [2.75, 3.05) is 5.73 Å². The Bertz CT molecular complexity index is 1170. The van der Waals surface area contributed by atoms with Crippen LogP contribution >= 0.6 is 0 Å². The van der Waals surface area contributed by atoms with Crippen LogP contribution in [-0.4, -0.2) is 29.5 Å².